The Bertz CT molecular complexity index is 471. The summed E-state index contributed by atoms with van der Waals surface area (Å²) < 4.78 is 0. The Balaban J connectivity index is 3.00. The molecule has 0 spiro atoms. The molecule has 5 N–H and O–H groups in total. The topological polar surface area (TPSA) is 98.2 Å². The summed E-state index contributed by atoms with van der Waals surface area (Å²) in [5, 5.41) is 2.66. The molecular formula is C13H19N3O2. The van der Waals surface area contributed by atoms with Crippen LogP contribution in [0, 0.1) is 5.92 Å². The van der Waals surface area contributed by atoms with Crippen LogP contribution in [0.2, 0.25) is 0 Å². The fourth-order valence-corrected chi connectivity index (χ4v) is 1.50. The van der Waals surface area contributed by atoms with Gasteiger partial charge in [-0.15, -0.1) is 0 Å². The number of benzene rings is 1. The molecule has 0 aliphatic heterocycles. The van der Waals surface area contributed by atoms with E-state index in [0.29, 0.717) is 11.3 Å². The number of anilines is 1. The Morgan fingerprint density at radius 2 is 1.83 bits per heavy atom. The predicted molar refractivity (Wildman–Crippen MR) is 70.8 cm³/mol. The van der Waals surface area contributed by atoms with Crippen molar-refractivity contribution in [2.75, 3.05) is 5.73 Å². The molecule has 18 heavy (non-hydrogen) atoms. The highest BCUT2D eigenvalue weighted by atomic mass is 16.2. The van der Waals surface area contributed by atoms with E-state index in [-0.39, 0.29) is 5.92 Å². The standard InChI is InChI=1S/C13H19N3O2/c1-8(2)13(3,12(15)18)16-11(17)9-6-4-5-7-10(9)14/h4-8H,14H2,1-3H3,(H2,15,18)(H,16,17). The zero-order valence-electron chi connectivity index (χ0n) is 10.9. The Kier molecular flexibility index (Phi) is 3.96. The van der Waals surface area contributed by atoms with Gasteiger partial charge in [-0.05, 0) is 25.0 Å². The van der Waals surface area contributed by atoms with E-state index in [1.165, 1.54) is 0 Å². The first-order valence-corrected chi connectivity index (χ1v) is 5.76. The van der Waals surface area contributed by atoms with Gasteiger partial charge in [0.15, 0.2) is 0 Å². The van der Waals surface area contributed by atoms with Gasteiger partial charge in [0, 0.05) is 5.69 Å². The van der Waals surface area contributed by atoms with Crippen LogP contribution in [0.4, 0.5) is 5.69 Å². The molecule has 0 radical (unpaired) electrons. The fourth-order valence-electron chi connectivity index (χ4n) is 1.50. The van der Waals surface area contributed by atoms with Crippen LogP contribution < -0.4 is 16.8 Å². The number of amides is 2. The van der Waals surface area contributed by atoms with Crippen molar-refractivity contribution in [2.45, 2.75) is 26.3 Å². The third kappa shape index (κ3) is 2.61. The highest BCUT2D eigenvalue weighted by molar-refractivity contribution is 6.02. The summed E-state index contributed by atoms with van der Waals surface area (Å²) in [5.74, 6) is -1.09. The molecule has 5 nitrogen and oxygen atoms in total. The van der Waals surface area contributed by atoms with Crippen molar-refractivity contribution in [3.8, 4) is 0 Å². The maximum Gasteiger partial charge on any atom is 0.254 e. The normalized spacial score (nSPS) is 14.0. The molecular weight excluding hydrogens is 230 g/mol. The number of rotatable bonds is 4. The fraction of sp³-hybridized carbons (Fsp3) is 0.385. The minimum absolute atomic E-state index is 0.121. The van der Waals surface area contributed by atoms with Crippen LogP contribution in [0.3, 0.4) is 0 Å². The van der Waals surface area contributed by atoms with Crippen molar-refractivity contribution in [3.05, 3.63) is 29.8 Å². The second kappa shape index (κ2) is 5.08. The zero-order chi connectivity index (χ0) is 13.9. The Labute approximate surface area is 107 Å². The lowest BCUT2D eigenvalue weighted by Crippen LogP contribution is -2.58. The number of nitrogen functional groups attached to an aromatic ring is 1. The largest absolute Gasteiger partial charge is 0.398 e. The highest BCUT2D eigenvalue weighted by Crippen LogP contribution is 2.18. The lowest BCUT2D eigenvalue weighted by Gasteiger charge is -2.31. The Hall–Kier alpha value is -2.04. The number of nitrogens with one attached hydrogen (secondary N) is 1. The van der Waals surface area contributed by atoms with Crippen molar-refractivity contribution < 1.29 is 9.59 Å². The molecule has 0 saturated carbocycles. The maximum atomic E-state index is 12.1. The van der Waals surface area contributed by atoms with Crippen molar-refractivity contribution in [1.82, 2.24) is 5.32 Å². The van der Waals surface area contributed by atoms with E-state index in [1.54, 1.807) is 31.2 Å². The summed E-state index contributed by atoms with van der Waals surface area (Å²) >= 11 is 0. The lowest BCUT2D eigenvalue weighted by atomic mass is 9.87. The van der Waals surface area contributed by atoms with Gasteiger partial charge in [-0.1, -0.05) is 26.0 Å². The molecule has 0 aliphatic carbocycles. The molecule has 1 aromatic rings. The highest BCUT2D eigenvalue weighted by Gasteiger charge is 2.36. The third-order valence-corrected chi connectivity index (χ3v) is 3.25. The minimum Gasteiger partial charge on any atom is -0.398 e. The van der Waals surface area contributed by atoms with E-state index < -0.39 is 17.4 Å². The SMILES string of the molecule is CC(C)C(C)(NC(=O)c1ccccc1N)C(N)=O. The van der Waals surface area contributed by atoms with Gasteiger partial charge in [0.05, 0.1) is 5.56 Å². The summed E-state index contributed by atoms with van der Waals surface area (Å²) in [6, 6.07) is 6.68. The number of nitrogens with two attached hydrogens (primary N) is 2. The van der Waals surface area contributed by atoms with Crippen molar-refractivity contribution in [2.24, 2.45) is 11.7 Å². The number of carbonyl (C=O) groups is 2. The van der Waals surface area contributed by atoms with Crippen LogP contribution in [0.1, 0.15) is 31.1 Å². The number of primary amides is 1. The van der Waals surface area contributed by atoms with Crippen molar-refractivity contribution >= 4 is 17.5 Å². The van der Waals surface area contributed by atoms with Gasteiger partial charge in [0.2, 0.25) is 5.91 Å². The van der Waals surface area contributed by atoms with Gasteiger partial charge in [-0.3, -0.25) is 9.59 Å². The molecule has 1 atom stereocenters. The average Bonchev–Trinajstić information content (AvgIpc) is 2.28. The van der Waals surface area contributed by atoms with Crippen LogP contribution in [-0.2, 0) is 4.79 Å². The monoisotopic (exact) mass is 249 g/mol. The Morgan fingerprint density at radius 3 is 2.28 bits per heavy atom. The van der Waals surface area contributed by atoms with Crippen LogP contribution in [0.15, 0.2) is 24.3 Å². The molecule has 0 aliphatic rings. The lowest BCUT2D eigenvalue weighted by molar-refractivity contribution is -0.125. The van der Waals surface area contributed by atoms with Gasteiger partial charge in [-0.25, -0.2) is 0 Å². The van der Waals surface area contributed by atoms with Crippen molar-refractivity contribution in [3.63, 3.8) is 0 Å². The zero-order valence-corrected chi connectivity index (χ0v) is 10.9. The molecule has 1 unspecified atom stereocenters. The van der Waals surface area contributed by atoms with E-state index in [4.69, 9.17) is 11.5 Å². The maximum absolute atomic E-state index is 12.1. The van der Waals surface area contributed by atoms with E-state index >= 15 is 0 Å². The van der Waals surface area contributed by atoms with E-state index in [2.05, 4.69) is 5.32 Å². The van der Waals surface area contributed by atoms with Gasteiger partial charge in [-0.2, -0.15) is 0 Å². The molecule has 0 fully saturated rings. The second-order valence-electron chi connectivity index (χ2n) is 4.76. The first-order valence-electron chi connectivity index (χ1n) is 5.76. The van der Waals surface area contributed by atoms with Gasteiger partial charge in [0.1, 0.15) is 5.54 Å². The van der Waals surface area contributed by atoms with Gasteiger partial charge >= 0.3 is 0 Å². The first-order chi connectivity index (χ1) is 8.29. The van der Waals surface area contributed by atoms with Gasteiger partial charge < -0.3 is 16.8 Å². The Morgan fingerprint density at radius 1 is 1.28 bits per heavy atom. The quantitative estimate of drug-likeness (QED) is 0.691. The van der Waals surface area contributed by atoms with E-state index in [1.807, 2.05) is 13.8 Å². The summed E-state index contributed by atoms with van der Waals surface area (Å²) in [4.78, 5) is 23.6. The first kappa shape index (κ1) is 14.0. The molecule has 1 aromatic carbocycles. The summed E-state index contributed by atoms with van der Waals surface area (Å²) in [5.41, 5.74) is 10.7. The second-order valence-corrected chi connectivity index (χ2v) is 4.76. The van der Waals surface area contributed by atoms with E-state index in [9.17, 15) is 9.59 Å². The van der Waals surface area contributed by atoms with Gasteiger partial charge in [0.25, 0.3) is 5.91 Å². The molecule has 0 saturated heterocycles. The molecule has 0 aromatic heterocycles. The molecule has 2 amide bonds. The third-order valence-electron chi connectivity index (χ3n) is 3.25. The summed E-state index contributed by atoms with van der Waals surface area (Å²) in [6.45, 7) is 5.25. The van der Waals surface area contributed by atoms with Crippen LogP contribution in [0.25, 0.3) is 0 Å². The van der Waals surface area contributed by atoms with Crippen LogP contribution in [-0.4, -0.2) is 17.4 Å². The van der Waals surface area contributed by atoms with Crippen LogP contribution in [0.5, 0.6) is 0 Å². The molecule has 5 heteroatoms. The summed E-state index contributed by atoms with van der Waals surface area (Å²) in [7, 11) is 0. The van der Waals surface area contributed by atoms with Crippen molar-refractivity contribution in [1.29, 1.82) is 0 Å². The van der Waals surface area contributed by atoms with E-state index in [0.717, 1.165) is 0 Å². The predicted octanol–water partition coefficient (Wildman–Crippen LogP) is 0.899. The average molecular weight is 249 g/mol. The number of carbonyl (C=O) groups excluding carboxylic acids is 2. The molecule has 0 bridgehead atoms. The number of hydrogen-bond donors (Lipinski definition) is 3. The summed E-state index contributed by atoms with van der Waals surface area (Å²) in [6.07, 6.45) is 0. The molecule has 0 heterocycles. The van der Waals surface area contributed by atoms with Crippen LogP contribution >= 0.6 is 0 Å². The molecule has 1 rings (SSSR count). The molecule has 98 valence electrons. The minimum atomic E-state index is -1.10. The smallest absolute Gasteiger partial charge is 0.254 e. The number of hydrogen-bond acceptors (Lipinski definition) is 3. The number of para-hydroxylation sites is 1.